The van der Waals surface area contributed by atoms with Crippen LogP contribution in [0.25, 0.3) is 12.2 Å². The minimum atomic E-state index is -0.519. The van der Waals surface area contributed by atoms with Gasteiger partial charge in [-0.15, -0.1) is 0 Å². The van der Waals surface area contributed by atoms with Gasteiger partial charge in [0.15, 0.2) is 11.5 Å². The molecule has 0 radical (unpaired) electrons. The molecule has 2 aromatic rings. The predicted octanol–water partition coefficient (Wildman–Crippen LogP) is 3.87. The minimum absolute atomic E-state index is 0.00495. The minimum Gasteiger partial charge on any atom is -0.493 e. The smallest absolute Gasteiger partial charge is 0.293 e. The summed E-state index contributed by atoms with van der Waals surface area (Å²) in [6.07, 6.45) is 4.27. The Hall–Kier alpha value is -4.12. The molecular formula is C24H23N3O7S. The zero-order valence-corrected chi connectivity index (χ0v) is 19.9. The molecule has 0 atom stereocenters. The second-order valence-electron chi connectivity index (χ2n) is 7.15. The summed E-state index contributed by atoms with van der Waals surface area (Å²) in [6, 6.07) is 11.1. The molecule has 0 saturated carbocycles. The third kappa shape index (κ3) is 6.70. The van der Waals surface area contributed by atoms with Gasteiger partial charge in [-0.2, -0.15) is 0 Å². The lowest BCUT2D eigenvalue weighted by atomic mass is 10.2. The summed E-state index contributed by atoms with van der Waals surface area (Å²) in [5.41, 5.74) is 1.09. The van der Waals surface area contributed by atoms with Gasteiger partial charge in [-0.3, -0.25) is 29.4 Å². The Morgan fingerprint density at radius 2 is 1.97 bits per heavy atom. The fraction of sp³-hybridized carbons (Fsp3) is 0.208. The highest BCUT2D eigenvalue weighted by Crippen LogP contribution is 2.34. The van der Waals surface area contributed by atoms with Crippen molar-refractivity contribution in [3.8, 4) is 11.5 Å². The standard InChI is InChI=1S/C24H23N3O7S/c1-3-34-19-9-7-17(14-20(19)33-2)15-21-23(29)26(24(30)35-21)12-11-25-22(28)10-8-16-5-4-6-18(13-16)27(31)32/h4-10,13-15H,3,11-12H2,1-2H3,(H,25,28)/b10-8+,21-15-. The van der Waals surface area contributed by atoms with Crippen LogP contribution in [0.3, 0.4) is 0 Å². The molecule has 0 aromatic heterocycles. The highest BCUT2D eigenvalue weighted by atomic mass is 32.2. The van der Waals surface area contributed by atoms with Crippen molar-refractivity contribution < 1.29 is 28.8 Å². The molecule has 1 fully saturated rings. The van der Waals surface area contributed by atoms with Gasteiger partial charge in [0.25, 0.3) is 16.8 Å². The van der Waals surface area contributed by atoms with E-state index < -0.39 is 22.0 Å². The first-order chi connectivity index (χ1) is 16.8. The number of carbonyl (C=O) groups excluding carboxylic acids is 3. The number of nitro benzene ring substituents is 1. The predicted molar refractivity (Wildman–Crippen MR) is 132 cm³/mol. The summed E-state index contributed by atoms with van der Waals surface area (Å²) in [7, 11) is 1.52. The van der Waals surface area contributed by atoms with Crippen molar-refractivity contribution in [2.75, 3.05) is 26.8 Å². The van der Waals surface area contributed by atoms with E-state index >= 15 is 0 Å². The lowest BCUT2D eigenvalue weighted by Crippen LogP contribution is -2.36. The number of methoxy groups -OCH3 is 1. The van der Waals surface area contributed by atoms with E-state index in [0.717, 1.165) is 16.7 Å². The molecule has 3 rings (SSSR count). The van der Waals surface area contributed by atoms with Crippen LogP contribution < -0.4 is 14.8 Å². The molecule has 35 heavy (non-hydrogen) atoms. The molecule has 10 nitrogen and oxygen atoms in total. The third-order valence-electron chi connectivity index (χ3n) is 4.80. The Morgan fingerprint density at radius 3 is 2.69 bits per heavy atom. The molecule has 1 N–H and O–H groups in total. The molecule has 1 heterocycles. The average Bonchev–Trinajstić information content (AvgIpc) is 3.11. The summed E-state index contributed by atoms with van der Waals surface area (Å²) in [5.74, 6) is 0.186. The molecule has 1 aliphatic heterocycles. The number of nitrogens with zero attached hydrogens (tertiary/aromatic N) is 2. The molecular weight excluding hydrogens is 474 g/mol. The monoisotopic (exact) mass is 497 g/mol. The van der Waals surface area contributed by atoms with E-state index in [2.05, 4.69) is 5.32 Å². The highest BCUT2D eigenvalue weighted by Gasteiger charge is 2.34. The fourth-order valence-corrected chi connectivity index (χ4v) is 4.02. The van der Waals surface area contributed by atoms with Gasteiger partial charge in [0.05, 0.1) is 23.5 Å². The quantitative estimate of drug-likeness (QED) is 0.298. The first-order valence-corrected chi connectivity index (χ1v) is 11.4. The van der Waals surface area contributed by atoms with Crippen molar-refractivity contribution >= 4 is 46.7 Å². The van der Waals surface area contributed by atoms with Crippen LogP contribution in [-0.2, 0) is 9.59 Å². The number of imide groups is 1. The Kier molecular flexibility index (Phi) is 8.63. The molecule has 3 amide bonds. The first kappa shape index (κ1) is 25.5. The molecule has 0 spiro atoms. The number of benzene rings is 2. The van der Waals surface area contributed by atoms with Gasteiger partial charge < -0.3 is 14.8 Å². The Labute approximate surface area is 205 Å². The van der Waals surface area contributed by atoms with E-state index in [9.17, 15) is 24.5 Å². The van der Waals surface area contributed by atoms with Crippen molar-refractivity contribution in [2.45, 2.75) is 6.92 Å². The van der Waals surface area contributed by atoms with Crippen molar-refractivity contribution in [1.29, 1.82) is 0 Å². The topological polar surface area (TPSA) is 128 Å². The van der Waals surface area contributed by atoms with Gasteiger partial charge in [0.1, 0.15) is 0 Å². The summed E-state index contributed by atoms with van der Waals surface area (Å²) in [4.78, 5) is 48.7. The van der Waals surface area contributed by atoms with Crippen molar-refractivity contribution in [2.24, 2.45) is 0 Å². The van der Waals surface area contributed by atoms with Crippen LogP contribution in [0.15, 0.2) is 53.4 Å². The number of hydrogen-bond acceptors (Lipinski definition) is 8. The number of nitrogens with one attached hydrogen (secondary N) is 1. The van der Waals surface area contributed by atoms with Gasteiger partial charge in [0.2, 0.25) is 5.91 Å². The largest absolute Gasteiger partial charge is 0.493 e. The molecule has 0 unspecified atom stereocenters. The van der Waals surface area contributed by atoms with Crippen molar-refractivity contribution in [3.63, 3.8) is 0 Å². The van der Waals surface area contributed by atoms with Crippen LogP contribution in [0.5, 0.6) is 11.5 Å². The molecule has 0 bridgehead atoms. The van der Waals surface area contributed by atoms with Gasteiger partial charge in [0, 0.05) is 31.3 Å². The zero-order valence-electron chi connectivity index (χ0n) is 19.1. The first-order valence-electron chi connectivity index (χ1n) is 10.6. The number of ether oxygens (including phenoxy) is 2. The number of non-ortho nitro benzene ring substituents is 1. The van der Waals surface area contributed by atoms with E-state index in [1.807, 2.05) is 6.92 Å². The van der Waals surface area contributed by atoms with Crippen molar-refractivity contribution in [3.05, 3.63) is 74.7 Å². The van der Waals surface area contributed by atoms with E-state index in [1.165, 1.54) is 37.5 Å². The van der Waals surface area contributed by atoms with Crippen LogP contribution in [0.2, 0.25) is 0 Å². The summed E-state index contributed by atoms with van der Waals surface area (Å²) in [5, 5.41) is 13.0. The maximum absolute atomic E-state index is 12.7. The lowest BCUT2D eigenvalue weighted by molar-refractivity contribution is -0.384. The SMILES string of the molecule is CCOc1ccc(/C=C2\SC(=O)N(CCNC(=O)/C=C/c3cccc([N+](=O)[O-])c3)C2=O)cc1OC. The average molecular weight is 498 g/mol. The van der Waals surface area contributed by atoms with Crippen LogP contribution in [-0.4, -0.2) is 53.7 Å². The lowest BCUT2D eigenvalue weighted by Gasteiger charge is -2.12. The van der Waals surface area contributed by atoms with E-state index in [-0.39, 0.29) is 23.7 Å². The number of carbonyl (C=O) groups is 3. The molecule has 1 aliphatic rings. The van der Waals surface area contributed by atoms with Gasteiger partial charge in [-0.25, -0.2) is 0 Å². The summed E-state index contributed by atoms with van der Waals surface area (Å²) < 4.78 is 10.8. The summed E-state index contributed by atoms with van der Waals surface area (Å²) in [6.45, 7) is 2.40. The molecule has 11 heteroatoms. The van der Waals surface area contributed by atoms with E-state index in [4.69, 9.17) is 9.47 Å². The van der Waals surface area contributed by atoms with Crippen LogP contribution in [0.1, 0.15) is 18.1 Å². The number of amides is 3. The molecule has 0 aliphatic carbocycles. The van der Waals surface area contributed by atoms with E-state index in [1.54, 1.807) is 30.3 Å². The Balaban J connectivity index is 1.57. The van der Waals surface area contributed by atoms with Gasteiger partial charge in [-0.1, -0.05) is 18.2 Å². The maximum Gasteiger partial charge on any atom is 0.293 e. The Bertz CT molecular complexity index is 1210. The summed E-state index contributed by atoms with van der Waals surface area (Å²) >= 11 is 0.819. The van der Waals surface area contributed by atoms with Gasteiger partial charge in [-0.05, 0) is 54.1 Å². The van der Waals surface area contributed by atoms with Crippen molar-refractivity contribution in [1.82, 2.24) is 10.2 Å². The molecule has 1 saturated heterocycles. The molecule has 182 valence electrons. The van der Waals surface area contributed by atoms with E-state index in [0.29, 0.717) is 29.2 Å². The third-order valence-corrected chi connectivity index (χ3v) is 5.71. The Morgan fingerprint density at radius 1 is 1.17 bits per heavy atom. The number of thioether (sulfide) groups is 1. The number of hydrogen-bond donors (Lipinski definition) is 1. The second kappa shape index (κ2) is 11.8. The van der Waals surface area contributed by atoms with Crippen LogP contribution in [0.4, 0.5) is 10.5 Å². The number of rotatable bonds is 10. The second-order valence-corrected chi connectivity index (χ2v) is 8.15. The highest BCUT2D eigenvalue weighted by molar-refractivity contribution is 8.18. The fourth-order valence-electron chi connectivity index (χ4n) is 3.16. The normalized spacial score (nSPS) is 14.6. The molecule has 2 aromatic carbocycles. The maximum atomic E-state index is 12.7. The van der Waals surface area contributed by atoms with Crippen LogP contribution in [0, 0.1) is 10.1 Å². The zero-order chi connectivity index (χ0) is 25.4. The number of nitro groups is 1. The van der Waals surface area contributed by atoms with Gasteiger partial charge >= 0.3 is 0 Å². The van der Waals surface area contributed by atoms with Crippen LogP contribution >= 0.6 is 11.8 Å².